The van der Waals surface area contributed by atoms with Crippen molar-refractivity contribution in [1.82, 2.24) is 5.32 Å². The lowest BCUT2D eigenvalue weighted by molar-refractivity contribution is 0.173. The number of benzene rings is 1. The van der Waals surface area contributed by atoms with E-state index >= 15 is 0 Å². The molecule has 2 atom stereocenters. The second-order valence-electron chi connectivity index (χ2n) is 6.15. The van der Waals surface area contributed by atoms with E-state index in [-0.39, 0.29) is 6.10 Å². The lowest BCUT2D eigenvalue weighted by atomic mass is 9.96. The lowest BCUT2D eigenvalue weighted by Crippen LogP contribution is -2.45. The highest BCUT2D eigenvalue weighted by Crippen LogP contribution is 2.30. The largest absolute Gasteiger partial charge is 0.493 e. The van der Waals surface area contributed by atoms with E-state index in [1.807, 2.05) is 39.0 Å². The van der Waals surface area contributed by atoms with Crippen LogP contribution in [-0.4, -0.2) is 24.8 Å². The number of nitrogens with zero attached hydrogens (tertiary/aromatic N) is 1. The van der Waals surface area contributed by atoms with Crippen molar-refractivity contribution < 1.29 is 9.47 Å². The molecule has 21 heavy (non-hydrogen) atoms. The van der Waals surface area contributed by atoms with Crippen LogP contribution in [0.2, 0.25) is 0 Å². The summed E-state index contributed by atoms with van der Waals surface area (Å²) in [5.74, 6) is 1.46. The van der Waals surface area contributed by atoms with Gasteiger partial charge in [-0.1, -0.05) is 6.07 Å². The Balaban J connectivity index is 2.00. The van der Waals surface area contributed by atoms with E-state index in [1.54, 1.807) is 7.11 Å². The van der Waals surface area contributed by atoms with Gasteiger partial charge in [-0.05, 0) is 51.3 Å². The maximum Gasteiger partial charge on any atom is 0.161 e. The Morgan fingerprint density at radius 3 is 2.71 bits per heavy atom. The first-order valence-electron chi connectivity index (χ1n) is 7.46. The Bertz CT molecular complexity index is 534. The van der Waals surface area contributed by atoms with Gasteiger partial charge in [-0.3, -0.25) is 5.32 Å². The highest BCUT2D eigenvalue weighted by molar-refractivity contribution is 5.42. The minimum Gasteiger partial charge on any atom is -0.493 e. The molecule has 114 valence electrons. The summed E-state index contributed by atoms with van der Waals surface area (Å²) in [6, 6.07) is 8.75. The summed E-state index contributed by atoms with van der Waals surface area (Å²) in [5.41, 5.74) is 0.586. The van der Waals surface area contributed by atoms with Crippen molar-refractivity contribution in [3.63, 3.8) is 0 Å². The molecular weight excluding hydrogens is 264 g/mol. The summed E-state index contributed by atoms with van der Waals surface area (Å²) in [6.45, 7) is 5.95. The first-order valence-corrected chi connectivity index (χ1v) is 7.46. The van der Waals surface area contributed by atoms with Crippen LogP contribution in [0.1, 0.15) is 38.7 Å². The number of hydrogen-bond acceptors (Lipinski definition) is 4. The predicted octanol–water partition coefficient (Wildman–Crippen LogP) is 3.20. The molecule has 1 aliphatic rings. The molecule has 1 aromatic carbocycles. The van der Waals surface area contributed by atoms with Crippen LogP contribution < -0.4 is 14.8 Å². The zero-order chi connectivity index (χ0) is 15.5. The average molecular weight is 288 g/mol. The first kappa shape index (κ1) is 15.7. The Morgan fingerprint density at radius 2 is 2.14 bits per heavy atom. The summed E-state index contributed by atoms with van der Waals surface area (Å²) < 4.78 is 11.3. The van der Waals surface area contributed by atoms with Crippen LogP contribution in [0, 0.1) is 18.3 Å². The van der Waals surface area contributed by atoms with Gasteiger partial charge in [-0.25, -0.2) is 0 Å². The third-order valence-corrected chi connectivity index (χ3v) is 3.69. The number of nitrogens with one attached hydrogen (secondary N) is 1. The standard InChI is InChI=1S/C17H24N2O2/c1-12-5-8-15(16(9-12)20-4)21-13(2)10-17(3,11-18)19-14-6-7-14/h5,8-9,13-14,19H,6-7,10H2,1-4H3. The topological polar surface area (TPSA) is 54.3 Å². The Hall–Kier alpha value is -1.73. The van der Waals surface area contributed by atoms with Crippen molar-refractivity contribution >= 4 is 0 Å². The van der Waals surface area contributed by atoms with E-state index < -0.39 is 5.54 Å². The molecular formula is C17H24N2O2. The summed E-state index contributed by atoms with van der Waals surface area (Å²) in [6.07, 6.45) is 2.89. The van der Waals surface area contributed by atoms with E-state index in [4.69, 9.17) is 9.47 Å². The Labute approximate surface area is 127 Å². The monoisotopic (exact) mass is 288 g/mol. The number of ether oxygens (including phenoxy) is 2. The summed E-state index contributed by atoms with van der Waals surface area (Å²) in [7, 11) is 1.64. The van der Waals surface area contributed by atoms with Gasteiger partial charge in [0.15, 0.2) is 11.5 Å². The summed E-state index contributed by atoms with van der Waals surface area (Å²) in [4.78, 5) is 0. The molecule has 1 saturated carbocycles. The molecule has 4 heteroatoms. The molecule has 0 aromatic heterocycles. The first-order chi connectivity index (χ1) is 9.95. The number of hydrogen-bond donors (Lipinski definition) is 1. The predicted molar refractivity (Wildman–Crippen MR) is 82.6 cm³/mol. The van der Waals surface area contributed by atoms with E-state index in [0.29, 0.717) is 12.5 Å². The van der Waals surface area contributed by atoms with E-state index in [0.717, 1.165) is 29.9 Å². The maximum atomic E-state index is 9.42. The van der Waals surface area contributed by atoms with Crippen LogP contribution in [0.25, 0.3) is 0 Å². The van der Waals surface area contributed by atoms with Crippen LogP contribution in [-0.2, 0) is 0 Å². The summed E-state index contributed by atoms with van der Waals surface area (Å²) >= 11 is 0. The molecule has 0 amide bonds. The van der Waals surface area contributed by atoms with E-state index in [9.17, 15) is 5.26 Å². The fourth-order valence-electron chi connectivity index (χ4n) is 2.52. The zero-order valence-electron chi connectivity index (χ0n) is 13.3. The molecule has 0 bridgehead atoms. The maximum absolute atomic E-state index is 9.42. The molecule has 1 fully saturated rings. The van der Waals surface area contributed by atoms with Gasteiger partial charge in [0.2, 0.25) is 0 Å². The average Bonchev–Trinajstić information content (AvgIpc) is 3.24. The number of nitriles is 1. The molecule has 0 spiro atoms. The van der Waals surface area contributed by atoms with Crippen molar-refractivity contribution in [3.8, 4) is 17.6 Å². The molecule has 0 aliphatic heterocycles. The minimum atomic E-state index is -0.543. The van der Waals surface area contributed by atoms with Crippen LogP contribution in [0.3, 0.4) is 0 Å². The third-order valence-electron chi connectivity index (χ3n) is 3.69. The van der Waals surface area contributed by atoms with Crippen molar-refractivity contribution in [2.24, 2.45) is 0 Å². The lowest BCUT2D eigenvalue weighted by Gasteiger charge is -2.27. The van der Waals surface area contributed by atoms with Crippen LogP contribution >= 0.6 is 0 Å². The Kier molecular flexibility index (Phi) is 4.74. The molecule has 2 unspecified atom stereocenters. The molecule has 2 rings (SSSR count). The molecule has 4 nitrogen and oxygen atoms in total. The molecule has 1 N–H and O–H groups in total. The van der Waals surface area contributed by atoms with Crippen molar-refractivity contribution in [2.75, 3.05) is 7.11 Å². The second kappa shape index (κ2) is 6.36. The smallest absolute Gasteiger partial charge is 0.161 e. The zero-order valence-corrected chi connectivity index (χ0v) is 13.3. The van der Waals surface area contributed by atoms with Gasteiger partial charge in [0.05, 0.1) is 19.3 Å². The van der Waals surface area contributed by atoms with Crippen molar-refractivity contribution in [2.45, 2.75) is 57.7 Å². The van der Waals surface area contributed by atoms with Gasteiger partial charge in [-0.2, -0.15) is 5.26 Å². The Morgan fingerprint density at radius 1 is 1.43 bits per heavy atom. The number of methoxy groups -OCH3 is 1. The normalized spacial score (nSPS) is 18.4. The van der Waals surface area contributed by atoms with Crippen molar-refractivity contribution in [3.05, 3.63) is 23.8 Å². The van der Waals surface area contributed by atoms with Gasteiger partial charge in [0.25, 0.3) is 0 Å². The molecule has 0 heterocycles. The second-order valence-corrected chi connectivity index (χ2v) is 6.15. The van der Waals surface area contributed by atoms with Crippen LogP contribution in [0.4, 0.5) is 0 Å². The number of aryl methyl sites for hydroxylation is 1. The third kappa shape index (κ3) is 4.37. The fourth-order valence-corrected chi connectivity index (χ4v) is 2.52. The van der Waals surface area contributed by atoms with Crippen LogP contribution in [0.15, 0.2) is 18.2 Å². The highest BCUT2D eigenvalue weighted by Gasteiger charge is 2.34. The summed E-state index contributed by atoms with van der Waals surface area (Å²) in [5, 5.41) is 12.8. The van der Waals surface area contributed by atoms with Gasteiger partial charge in [0.1, 0.15) is 5.54 Å². The van der Waals surface area contributed by atoms with Crippen molar-refractivity contribution in [1.29, 1.82) is 5.26 Å². The fraction of sp³-hybridized carbons (Fsp3) is 0.588. The minimum absolute atomic E-state index is 0.0718. The number of rotatable bonds is 7. The quantitative estimate of drug-likeness (QED) is 0.837. The van der Waals surface area contributed by atoms with E-state index in [2.05, 4.69) is 11.4 Å². The molecule has 0 radical (unpaired) electrons. The van der Waals surface area contributed by atoms with Gasteiger partial charge >= 0.3 is 0 Å². The SMILES string of the molecule is COc1cc(C)ccc1OC(C)CC(C)(C#N)NC1CC1. The van der Waals surface area contributed by atoms with Gasteiger partial charge < -0.3 is 9.47 Å². The molecule has 1 aromatic rings. The highest BCUT2D eigenvalue weighted by atomic mass is 16.5. The molecule has 1 aliphatic carbocycles. The van der Waals surface area contributed by atoms with Gasteiger partial charge in [-0.15, -0.1) is 0 Å². The molecule has 0 saturated heterocycles. The van der Waals surface area contributed by atoms with Gasteiger partial charge in [0, 0.05) is 12.5 Å². The van der Waals surface area contributed by atoms with Crippen LogP contribution in [0.5, 0.6) is 11.5 Å². The van der Waals surface area contributed by atoms with E-state index in [1.165, 1.54) is 0 Å².